The van der Waals surface area contributed by atoms with Gasteiger partial charge in [0.2, 0.25) is 5.72 Å². The predicted molar refractivity (Wildman–Crippen MR) is 117 cm³/mol. The van der Waals surface area contributed by atoms with Crippen LogP contribution in [0.15, 0.2) is 53.5 Å². The molecular formula is C22H18N4O5. The Hall–Kier alpha value is -4.01. The monoisotopic (exact) mass is 418 g/mol. The number of benzene rings is 3. The highest BCUT2D eigenvalue weighted by molar-refractivity contribution is 6.00. The Balaban J connectivity index is 1.64. The average molecular weight is 418 g/mol. The van der Waals surface area contributed by atoms with Gasteiger partial charge in [-0.3, -0.25) is 25.2 Å². The molecule has 1 unspecified atom stereocenters. The van der Waals surface area contributed by atoms with Crippen LogP contribution >= 0.6 is 0 Å². The van der Waals surface area contributed by atoms with Gasteiger partial charge < -0.3 is 9.64 Å². The van der Waals surface area contributed by atoms with E-state index in [0.29, 0.717) is 16.8 Å². The van der Waals surface area contributed by atoms with Crippen molar-refractivity contribution in [2.24, 2.45) is 4.99 Å². The molecule has 0 fully saturated rings. The number of nitro groups is 2. The van der Waals surface area contributed by atoms with Gasteiger partial charge in [-0.15, -0.1) is 0 Å². The van der Waals surface area contributed by atoms with Crippen LogP contribution in [0.5, 0.6) is 5.75 Å². The van der Waals surface area contributed by atoms with Crippen LogP contribution < -0.4 is 9.64 Å². The molecular weight excluding hydrogens is 400 g/mol. The van der Waals surface area contributed by atoms with Crippen LogP contribution in [-0.4, -0.2) is 28.8 Å². The van der Waals surface area contributed by atoms with Crippen molar-refractivity contribution < 1.29 is 14.6 Å². The van der Waals surface area contributed by atoms with E-state index in [1.54, 1.807) is 36.5 Å². The fourth-order valence-electron chi connectivity index (χ4n) is 4.62. The molecule has 3 aromatic carbocycles. The average Bonchev–Trinajstić information content (AvgIpc) is 2.91. The van der Waals surface area contributed by atoms with Crippen LogP contribution in [0, 0.1) is 20.2 Å². The number of hydrogen-bond acceptors (Lipinski definition) is 7. The van der Waals surface area contributed by atoms with Crippen molar-refractivity contribution in [2.45, 2.75) is 25.0 Å². The highest BCUT2D eigenvalue weighted by Crippen LogP contribution is 2.54. The summed E-state index contributed by atoms with van der Waals surface area (Å²) >= 11 is 0. The standard InChI is InChI=1S/C22H18N4O5/c1-21(2)17-11-15(26(29)30)6-8-18(17)24(3)22(21)12-23-20-16-7-5-14(25(27)28)10-13(16)4-9-19(20)31-22/h4-12H,1-3H3. The maximum absolute atomic E-state index is 11.3. The predicted octanol–water partition coefficient (Wildman–Crippen LogP) is 4.87. The highest BCUT2D eigenvalue weighted by atomic mass is 16.6. The number of nitrogens with zero attached hydrogens (tertiary/aromatic N) is 4. The number of ether oxygens (including phenoxy) is 1. The largest absolute Gasteiger partial charge is 0.459 e. The summed E-state index contributed by atoms with van der Waals surface area (Å²) in [6.07, 6.45) is 1.72. The van der Waals surface area contributed by atoms with Crippen molar-refractivity contribution in [1.29, 1.82) is 0 Å². The summed E-state index contributed by atoms with van der Waals surface area (Å²) < 4.78 is 6.55. The van der Waals surface area contributed by atoms with Gasteiger partial charge in [-0.1, -0.05) is 6.07 Å². The Labute approximate surface area is 176 Å². The summed E-state index contributed by atoms with van der Waals surface area (Å²) in [7, 11) is 1.88. The zero-order chi connectivity index (χ0) is 22.1. The van der Waals surface area contributed by atoms with Gasteiger partial charge in [-0.2, -0.15) is 0 Å². The van der Waals surface area contributed by atoms with Crippen LogP contribution in [0.2, 0.25) is 0 Å². The molecule has 2 aliphatic heterocycles. The maximum atomic E-state index is 11.3. The zero-order valence-electron chi connectivity index (χ0n) is 17.0. The molecule has 0 aliphatic carbocycles. The van der Waals surface area contributed by atoms with Gasteiger partial charge in [0.1, 0.15) is 11.4 Å². The first kappa shape index (κ1) is 19.0. The second-order valence-corrected chi connectivity index (χ2v) is 8.27. The Morgan fingerprint density at radius 3 is 2.35 bits per heavy atom. The van der Waals surface area contributed by atoms with E-state index < -0.39 is 21.0 Å². The summed E-state index contributed by atoms with van der Waals surface area (Å²) in [4.78, 5) is 28.2. The first-order valence-electron chi connectivity index (χ1n) is 9.64. The molecule has 0 bridgehead atoms. The molecule has 1 spiro atoms. The quantitative estimate of drug-likeness (QED) is 0.433. The van der Waals surface area contributed by atoms with Gasteiger partial charge >= 0.3 is 0 Å². The lowest BCUT2D eigenvalue weighted by Gasteiger charge is -2.44. The molecule has 0 saturated heterocycles. The van der Waals surface area contributed by atoms with E-state index >= 15 is 0 Å². The van der Waals surface area contributed by atoms with E-state index in [2.05, 4.69) is 0 Å². The van der Waals surface area contributed by atoms with Gasteiger partial charge in [0, 0.05) is 42.4 Å². The third kappa shape index (κ3) is 2.40. The first-order valence-corrected chi connectivity index (χ1v) is 9.64. The zero-order valence-corrected chi connectivity index (χ0v) is 17.0. The third-order valence-electron chi connectivity index (χ3n) is 6.40. The molecule has 0 radical (unpaired) electrons. The molecule has 5 rings (SSSR count). The number of rotatable bonds is 2. The number of fused-ring (bicyclic) bond motifs is 4. The Bertz CT molecular complexity index is 1330. The molecule has 31 heavy (non-hydrogen) atoms. The molecule has 1 atom stereocenters. The smallest absolute Gasteiger partial charge is 0.270 e. The Morgan fingerprint density at radius 2 is 1.65 bits per heavy atom. The minimum absolute atomic E-state index is 0.0123. The van der Waals surface area contributed by atoms with Gasteiger partial charge in [0.05, 0.1) is 21.5 Å². The number of likely N-dealkylation sites (N-methyl/N-ethyl adjacent to an activating group) is 1. The number of anilines is 1. The Morgan fingerprint density at radius 1 is 0.968 bits per heavy atom. The first-order chi connectivity index (χ1) is 14.7. The van der Waals surface area contributed by atoms with E-state index in [0.717, 1.165) is 16.6 Å². The van der Waals surface area contributed by atoms with Crippen molar-refractivity contribution in [1.82, 2.24) is 0 Å². The highest BCUT2D eigenvalue weighted by Gasteiger charge is 2.59. The lowest BCUT2D eigenvalue weighted by Crippen LogP contribution is -2.61. The summed E-state index contributed by atoms with van der Waals surface area (Å²) in [5, 5.41) is 23.8. The molecule has 0 N–H and O–H groups in total. The van der Waals surface area contributed by atoms with E-state index in [9.17, 15) is 20.2 Å². The molecule has 156 valence electrons. The van der Waals surface area contributed by atoms with E-state index in [-0.39, 0.29) is 11.4 Å². The lowest BCUT2D eigenvalue weighted by atomic mass is 9.77. The molecule has 0 aromatic heterocycles. The van der Waals surface area contributed by atoms with E-state index in [1.807, 2.05) is 25.8 Å². The summed E-state index contributed by atoms with van der Waals surface area (Å²) in [6, 6.07) is 13.0. The third-order valence-corrected chi connectivity index (χ3v) is 6.40. The van der Waals surface area contributed by atoms with Crippen molar-refractivity contribution in [3.05, 3.63) is 74.3 Å². The summed E-state index contributed by atoms with van der Waals surface area (Å²) in [5.74, 6) is 0.547. The minimum Gasteiger partial charge on any atom is -0.459 e. The van der Waals surface area contributed by atoms with E-state index in [1.165, 1.54) is 18.2 Å². The number of aliphatic imine (C=N–C) groups is 1. The fourth-order valence-corrected chi connectivity index (χ4v) is 4.62. The Kier molecular flexibility index (Phi) is 3.68. The molecule has 2 aliphatic rings. The topological polar surface area (TPSA) is 111 Å². The number of hydrogen-bond donors (Lipinski definition) is 0. The molecule has 9 nitrogen and oxygen atoms in total. The van der Waals surface area contributed by atoms with Crippen molar-refractivity contribution in [3.8, 4) is 5.75 Å². The molecule has 0 saturated carbocycles. The van der Waals surface area contributed by atoms with E-state index in [4.69, 9.17) is 9.73 Å². The number of nitro benzene ring substituents is 2. The fraction of sp³-hybridized carbons (Fsp3) is 0.227. The van der Waals surface area contributed by atoms with Crippen LogP contribution in [0.3, 0.4) is 0 Å². The molecule has 0 amide bonds. The second kappa shape index (κ2) is 6.00. The normalized spacial score (nSPS) is 20.4. The van der Waals surface area contributed by atoms with Crippen molar-refractivity contribution in [2.75, 3.05) is 11.9 Å². The SMILES string of the molecule is CN1c2ccc([N+](=O)[O-])cc2C(C)(C)C12C=Nc1c(ccc3cc([N+](=O)[O-])ccc13)O2. The maximum Gasteiger partial charge on any atom is 0.270 e. The lowest BCUT2D eigenvalue weighted by molar-refractivity contribution is -0.385. The van der Waals surface area contributed by atoms with Crippen LogP contribution in [0.4, 0.5) is 22.7 Å². The van der Waals surface area contributed by atoms with Gasteiger partial charge in [-0.25, -0.2) is 0 Å². The van der Waals surface area contributed by atoms with Crippen LogP contribution in [0.25, 0.3) is 10.8 Å². The second-order valence-electron chi connectivity index (χ2n) is 8.27. The van der Waals surface area contributed by atoms with Gasteiger partial charge in [0.25, 0.3) is 11.4 Å². The van der Waals surface area contributed by atoms with Crippen molar-refractivity contribution in [3.63, 3.8) is 0 Å². The van der Waals surface area contributed by atoms with Crippen LogP contribution in [-0.2, 0) is 5.41 Å². The van der Waals surface area contributed by atoms with Gasteiger partial charge in [-0.05, 0) is 43.0 Å². The van der Waals surface area contributed by atoms with Crippen LogP contribution in [0.1, 0.15) is 19.4 Å². The summed E-state index contributed by atoms with van der Waals surface area (Å²) in [5.41, 5.74) is 0.652. The minimum atomic E-state index is -0.980. The molecule has 2 heterocycles. The number of non-ortho nitro benzene ring substituents is 2. The summed E-state index contributed by atoms with van der Waals surface area (Å²) in [6.45, 7) is 3.95. The van der Waals surface area contributed by atoms with Crippen molar-refractivity contribution >= 4 is 39.7 Å². The molecule has 3 aromatic rings. The van der Waals surface area contributed by atoms with Gasteiger partial charge in [0.15, 0.2) is 0 Å². The molecule has 9 heteroatoms.